The van der Waals surface area contributed by atoms with Gasteiger partial charge in [0.1, 0.15) is 0 Å². The van der Waals surface area contributed by atoms with Gasteiger partial charge in [-0.15, -0.1) is 0 Å². The van der Waals surface area contributed by atoms with Gasteiger partial charge in [-0.2, -0.15) is 0 Å². The van der Waals surface area contributed by atoms with E-state index in [2.05, 4.69) is 135 Å². The van der Waals surface area contributed by atoms with E-state index in [1.807, 2.05) is 0 Å². The normalized spacial score (nSPS) is 17.2. The molecule has 5 rings (SSSR count). The molecule has 2 N–H and O–H groups in total. The SMILES string of the molecule is CC(C)P1c2ccccc2Nc2ccccc2P(C(C)C)c2ccccc2Nc2ccccc21. The molecule has 1 aliphatic rings. The predicted molar refractivity (Wildman–Crippen MR) is 155 cm³/mol. The number of nitrogens with one attached hydrogen (secondary N) is 2. The largest absolute Gasteiger partial charge is 0.354 e. The summed E-state index contributed by atoms with van der Waals surface area (Å²) in [5, 5.41) is 13.4. The molecule has 4 heteroatoms. The van der Waals surface area contributed by atoms with Gasteiger partial charge in [0.2, 0.25) is 0 Å². The molecule has 0 radical (unpaired) electrons. The van der Waals surface area contributed by atoms with Gasteiger partial charge in [-0.25, -0.2) is 0 Å². The first-order valence-corrected chi connectivity index (χ1v) is 14.9. The standard InChI is InChI=1S/C30H32N2P2/c1-21(2)33-27-17-9-5-13-23(27)31-25-15-7-11-19-29(25)34(22(3)4)30-20-12-8-16-26(30)32-24-14-6-10-18-28(24)33/h5-22,31-32H,1-4H3. The summed E-state index contributed by atoms with van der Waals surface area (Å²) < 4.78 is 0. The van der Waals surface area contributed by atoms with Crippen LogP contribution in [0.25, 0.3) is 0 Å². The van der Waals surface area contributed by atoms with E-state index in [1.165, 1.54) is 44.0 Å². The molecule has 4 aromatic carbocycles. The van der Waals surface area contributed by atoms with Crippen molar-refractivity contribution in [2.75, 3.05) is 10.6 Å². The molecule has 0 amide bonds. The van der Waals surface area contributed by atoms with E-state index in [9.17, 15) is 0 Å². The monoisotopic (exact) mass is 482 g/mol. The fourth-order valence-corrected chi connectivity index (χ4v) is 10.1. The van der Waals surface area contributed by atoms with Crippen LogP contribution in [0.2, 0.25) is 0 Å². The zero-order valence-corrected chi connectivity index (χ0v) is 22.1. The topological polar surface area (TPSA) is 24.1 Å². The highest BCUT2D eigenvalue weighted by molar-refractivity contribution is 7.74. The van der Waals surface area contributed by atoms with Crippen molar-refractivity contribution in [2.24, 2.45) is 0 Å². The molecule has 172 valence electrons. The van der Waals surface area contributed by atoms with Crippen molar-refractivity contribution in [3.63, 3.8) is 0 Å². The van der Waals surface area contributed by atoms with E-state index in [0.29, 0.717) is 11.3 Å². The number of para-hydroxylation sites is 4. The third kappa shape index (κ3) is 4.38. The second-order valence-electron chi connectivity index (χ2n) is 9.25. The van der Waals surface area contributed by atoms with Crippen LogP contribution in [0.1, 0.15) is 27.7 Å². The highest BCUT2D eigenvalue weighted by Crippen LogP contribution is 2.47. The maximum Gasteiger partial charge on any atom is 0.0465 e. The minimum Gasteiger partial charge on any atom is -0.354 e. The van der Waals surface area contributed by atoms with Gasteiger partial charge < -0.3 is 10.6 Å². The maximum absolute atomic E-state index is 3.90. The number of hydrogen-bond donors (Lipinski definition) is 2. The molecule has 0 spiro atoms. The molecule has 0 atom stereocenters. The van der Waals surface area contributed by atoms with Crippen molar-refractivity contribution in [1.29, 1.82) is 0 Å². The summed E-state index contributed by atoms with van der Waals surface area (Å²) in [5.41, 5.74) is 5.88. The molecule has 34 heavy (non-hydrogen) atoms. The number of rotatable bonds is 2. The van der Waals surface area contributed by atoms with Gasteiger partial charge in [-0.3, -0.25) is 0 Å². The highest BCUT2D eigenvalue weighted by atomic mass is 31.1. The lowest BCUT2D eigenvalue weighted by atomic mass is 10.2. The Kier molecular flexibility index (Phi) is 6.73. The molecule has 0 unspecified atom stereocenters. The third-order valence-electron chi connectivity index (χ3n) is 6.23. The first-order valence-electron chi connectivity index (χ1n) is 12.0. The van der Waals surface area contributed by atoms with E-state index in [4.69, 9.17) is 0 Å². The van der Waals surface area contributed by atoms with E-state index in [1.54, 1.807) is 0 Å². The average Bonchev–Trinajstić information content (AvgIpc) is 2.83. The number of fused-ring (bicyclic) bond motifs is 4. The Labute approximate surface area is 206 Å². The molecule has 1 aliphatic heterocycles. The Hall–Kier alpha value is -2.66. The second kappa shape index (κ2) is 9.91. The second-order valence-corrected chi connectivity index (χ2v) is 14.7. The van der Waals surface area contributed by atoms with Crippen LogP contribution >= 0.6 is 15.8 Å². The minimum atomic E-state index is -0.577. The summed E-state index contributed by atoms with van der Waals surface area (Å²) in [6.45, 7) is 9.41. The molecule has 0 fully saturated rings. The molecule has 0 bridgehead atoms. The Balaban J connectivity index is 1.83. The zero-order chi connectivity index (χ0) is 23.7. The van der Waals surface area contributed by atoms with Crippen LogP contribution in [0.4, 0.5) is 22.7 Å². The lowest BCUT2D eigenvalue weighted by Crippen LogP contribution is -2.27. The lowest BCUT2D eigenvalue weighted by molar-refractivity contribution is 1.10. The van der Waals surface area contributed by atoms with E-state index < -0.39 is 15.8 Å². The van der Waals surface area contributed by atoms with Crippen molar-refractivity contribution >= 4 is 59.8 Å². The maximum atomic E-state index is 3.90. The van der Waals surface area contributed by atoms with E-state index in [0.717, 1.165) is 0 Å². The summed E-state index contributed by atoms with van der Waals surface area (Å²) in [5.74, 6) is 0. The van der Waals surface area contributed by atoms with Crippen molar-refractivity contribution in [3.8, 4) is 0 Å². The van der Waals surface area contributed by atoms with Crippen LogP contribution in [-0.2, 0) is 0 Å². The predicted octanol–water partition coefficient (Wildman–Crippen LogP) is 7.17. The number of hydrogen-bond acceptors (Lipinski definition) is 2. The Bertz CT molecular complexity index is 1110. The molecule has 0 aliphatic carbocycles. The van der Waals surface area contributed by atoms with Gasteiger partial charge in [0.15, 0.2) is 0 Å². The quantitative estimate of drug-likeness (QED) is 0.296. The van der Waals surface area contributed by atoms with Crippen LogP contribution in [0, 0.1) is 0 Å². The molecule has 4 aromatic rings. The first kappa shape index (κ1) is 23.1. The van der Waals surface area contributed by atoms with Crippen LogP contribution in [-0.4, -0.2) is 11.3 Å². The van der Waals surface area contributed by atoms with Gasteiger partial charge in [0.25, 0.3) is 0 Å². The van der Waals surface area contributed by atoms with Crippen molar-refractivity contribution in [3.05, 3.63) is 97.1 Å². The van der Waals surface area contributed by atoms with Crippen LogP contribution in [0.15, 0.2) is 97.1 Å². The third-order valence-corrected chi connectivity index (χ3v) is 11.9. The number of anilines is 4. The van der Waals surface area contributed by atoms with Gasteiger partial charge >= 0.3 is 0 Å². The fourth-order valence-electron chi connectivity index (χ4n) is 4.82. The zero-order valence-electron chi connectivity index (χ0n) is 20.3. The van der Waals surface area contributed by atoms with Crippen molar-refractivity contribution < 1.29 is 0 Å². The van der Waals surface area contributed by atoms with Crippen molar-refractivity contribution in [2.45, 2.75) is 39.0 Å². The molecule has 0 aromatic heterocycles. The molecular weight excluding hydrogens is 450 g/mol. The van der Waals surface area contributed by atoms with E-state index >= 15 is 0 Å². The molecule has 2 nitrogen and oxygen atoms in total. The van der Waals surface area contributed by atoms with Crippen LogP contribution in [0.3, 0.4) is 0 Å². The van der Waals surface area contributed by atoms with Gasteiger partial charge in [-0.1, -0.05) is 100 Å². The smallest absolute Gasteiger partial charge is 0.0465 e. The van der Waals surface area contributed by atoms with E-state index in [-0.39, 0.29) is 0 Å². The Morgan fingerprint density at radius 1 is 0.412 bits per heavy atom. The lowest BCUT2D eigenvalue weighted by Gasteiger charge is -2.32. The van der Waals surface area contributed by atoms with Gasteiger partial charge in [-0.05, 0) is 51.4 Å². The molecule has 0 saturated carbocycles. The Morgan fingerprint density at radius 2 is 0.647 bits per heavy atom. The van der Waals surface area contributed by atoms with Gasteiger partial charge in [0.05, 0.1) is 0 Å². The first-order chi connectivity index (χ1) is 16.5. The fraction of sp³-hybridized carbons (Fsp3) is 0.200. The highest BCUT2D eigenvalue weighted by Gasteiger charge is 2.27. The summed E-state index contributed by atoms with van der Waals surface area (Å²) >= 11 is 0. The Morgan fingerprint density at radius 3 is 0.882 bits per heavy atom. The minimum absolute atomic E-state index is 0.502. The molecule has 0 saturated heterocycles. The van der Waals surface area contributed by atoms with Gasteiger partial charge in [0, 0.05) is 44.0 Å². The summed E-state index contributed by atoms with van der Waals surface area (Å²) in [4.78, 5) is 0. The van der Waals surface area contributed by atoms with Crippen molar-refractivity contribution in [1.82, 2.24) is 0 Å². The van der Waals surface area contributed by atoms with Crippen LogP contribution < -0.4 is 31.9 Å². The molecule has 1 heterocycles. The summed E-state index contributed by atoms with van der Waals surface area (Å²) in [7, 11) is -1.15. The number of benzene rings is 4. The molecular formula is C30H32N2P2. The summed E-state index contributed by atoms with van der Waals surface area (Å²) in [6.07, 6.45) is 0. The summed E-state index contributed by atoms with van der Waals surface area (Å²) in [6, 6.07) is 35.6. The average molecular weight is 483 g/mol. The van der Waals surface area contributed by atoms with Crippen LogP contribution in [0.5, 0.6) is 0 Å².